The van der Waals surface area contributed by atoms with Gasteiger partial charge in [-0.25, -0.2) is 4.79 Å². The van der Waals surface area contributed by atoms with E-state index < -0.39 is 17.7 Å². The number of carboxylic acids is 1. The maximum Gasteiger partial charge on any atom is 0.417 e. The van der Waals surface area contributed by atoms with Crippen LogP contribution in [0.3, 0.4) is 0 Å². The van der Waals surface area contributed by atoms with Crippen LogP contribution in [0.2, 0.25) is 0 Å². The molecule has 6 heteroatoms. The van der Waals surface area contributed by atoms with Gasteiger partial charge in [0.05, 0.1) is 0 Å². The van der Waals surface area contributed by atoms with Gasteiger partial charge in [0, 0.05) is 6.54 Å². The van der Waals surface area contributed by atoms with Crippen molar-refractivity contribution in [2.24, 2.45) is 0 Å². The van der Waals surface area contributed by atoms with E-state index in [0.29, 0.717) is 6.92 Å². The van der Waals surface area contributed by atoms with E-state index in [2.05, 4.69) is 6.58 Å². The Morgan fingerprint density at radius 1 is 1.62 bits per heavy atom. The van der Waals surface area contributed by atoms with Gasteiger partial charge in [-0.15, -0.1) is 6.58 Å². The Balaban J connectivity index is 4.73. The van der Waals surface area contributed by atoms with Gasteiger partial charge in [0.2, 0.25) is 5.54 Å². The smallest absolute Gasteiger partial charge is 0.417 e. The molecule has 0 saturated carbocycles. The highest BCUT2D eigenvalue weighted by atomic mass is 19.4. The van der Waals surface area contributed by atoms with Gasteiger partial charge in [-0.05, 0) is 6.92 Å². The second kappa shape index (κ2) is 3.78. The lowest BCUT2D eigenvalue weighted by Gasteiger charge is -2.28. The molecule has 1 atom stereocenters. The van der Waals surface area contributed by atoms with Gasteiger partial charge in [-0.2, -0.15) is 13.2 Å². The Morgan fingerprint density at radius 2 is 2.08 bits per heavy atom. The summed E-state index contributed by atoms with van der Waals surface area (Å²) in [6.45, 7) is 3.53. The highest BCUT2D eigenvalue weighted by Crippen LogP contribution is 2.30. The number of carbonyl (C=O) groups is 1. The van der Waals surface area contributed by atoms with Crippen LogP contribution in [0.25, 0.3) is 0 Å². The van der Waals surface area contributed by atoms with Crippen molar-refractivity contribution in [3.8, 4) is 0 Å². The molecule has 13 heavy (non-hydrogen) atoms. The molecule has 0 rings (SSSR count). The third-order valence-electron chi connectivity index (χ3n) is 1.59. The summed E-state index contributed by atoms with van der Waals surface area (Å²) >= 11 is 0. The molecule has 0 heterocycles. The van der Waals surface area contributed by atoms with E-state index >= 15 is 0 Å². The lowest BCUT2D eigenvalue weighted by atomic mass is 10.0. The maximum atomic E-state index is 12.2. The Kier molecular flexibility index (Phi) is 3.48. The molecule has 0 saturated heterocycles. The van der Waals surface area contributed by atoms with Gasteiger partial charge in [0.1, 0.15) is 0 Å². The minimum Gasteiger partial charge on any atom is -0.480 e. The number of hydrogen-bond acceptors (Lipinski definition) is 2. The summed E-state index contributed by atoms with van der Waals surface area (Å²) in [5.41, 5.74) is -2.92. The van der Waals surface area contributed by atoms with E-state index in [-0.39, 0.29) is 6.54 Å². The van der Waals surface area contributed by atoms with Gasteiger partial charge in [0.15, 0.2) is 0 Å². The standard InChI is InChI=1S/C7H10F3NO2/c1-3-4-11-6(2,5(12)13)7(8,9)10/h3,11H,1,4H2,2H3,(H,12,13). The van der Waals surface area contributed by atoms with E-state index in [1.165, 1.54) is 0 Å². The third-order valence-corrected chi connectivity index (χ3v) is 1.59. The number of carboxylic acid groups (broad SMARTS) is 1. The molecule has 0 amide bonds. The molecule has 0 fully saturated rings. The monoisotopic (exact) mass is 197 g/mol. The predicted molar refractivity (Wildman–Crippen MR) is 40.3 cm³/mol. The fourth-order valence-corrected chi connectivity index (χ4v) is 0.573. The predicted octanol–water partition coefficient (Wildman–Crippen LogP) is 1.17. The molecule has 0 bridgehead atoms. The van der Waals surface area contributed by atoms with Gasteiger partial charge in [-0.1, -0.05) is 6.08 Å². The first-order valence-corrected chi connectivity index (χ1v) is 3.41. The molecule has 76 valence electrons. The van der Waals surface area contributed by atoms with Crippen LogP contribution in [0, 0.1) is 0 Å². The van der Waals surface area contributed by atoms with Crippen LogP contribution in [0.1, 0.15) is 6.92 Å². The first-order chi connectivity index (χ1) is 5.75. The molecule has 0 aliphatic carbocycles. The topological polar surface area (TPSA) is 49.3 Å². The maximum absolute atomic E-state index is 12.2. The zero-order valence-electron chi connectivity index (χ0n) is 6.98. The van der Waals surface area contributed by atoms with E-state index in [9.17, 15) is 18.0 Å². The molecule has 0 aromatic rings. The van der Waals surface area contributed by atoms with Gasteiger partial charge in [-0.3, -0.25) is 5.32 Å². The van der Waals surface area contributed by atoms with Crippen molar-refractivity contribution in [2.45, 2.75) is 18.6 Å². The molecule has 0 aliphatic rings. The minimum atomic E-state index is -4.83. The highest BCUT2D eigenvalue weighted by Gasteiger charge is 2.56. The molecule has 0 radical (unpaired) electrons. The van der Waals surface area contributed by atoms with Crippen molar-refractivity contribution in [1.29, 1.82) is 0 Å². The summed E-state index contributed by atoms with van der Waals surface area (Å²) in [7, 11) is 0. The molecule has 0 aromatic heterocycles. The second-order valence-electron chi connectivity index (χ2n) is 2.60. The third kappa shape index (κ3) is 2.45. The number of nitrogens with one attached hydrogen (secondary N) is 1. The molecular weight excluding hydrogens is 187 g/mol. The summed E-state index contributed by atoms with van der Waals surface area (Å²) < 4.78 is 36.6. The summed E-state index contributed by atoms with van der Waals surface area (Å²) in [5, 5.41) is 10.2. The molecule has 0 aliphatic heterocycles. The van der Waals surface area contributed by atoms with Crippen LogP contribution in [0.4, 0.5) is 13.2 Å². The summed E-state index contributed by atoms with van der Waals surface area (Å²) in [6, 6.07) is 0. The second-order valence-corrected chi connectivity index (χ2v) is 2.60. The average Bonchev–Trinajstić information content (AvgIpc) is 1.97. The summed E-state index contributed by atoms with van der Waals surface area (Å²) in [6.07, 6.45) is -3.67. The SMILES string of the molecule is C=CCNC(C)(C(=O)O)C(F)(F)F. The lowest BCUT2D eigenvalue weighted by molar-refractivity contribution is -0.205. The average molecular weight is 197 g/mol. The first-order valence-electron chi connectivity index (χ1n) is 3.41. The lowest BCUT2D eigenvalue weighted by Crippen LogP contribution is -2.60. The quantitative estimate of drug-likeness (QED) is 0.665. The van der Waals surface area contributed by atoms with E-state index in [0.717, 1.165) is 6.08 Å². The zero-order valence-corrected chi connectivity index (χ0v) is 6.98. The van der Waals surface area contributed by atoms with Crippen LogP contribution in [0.15, 0.2) is 12.7 Å². The Bertz CT molecular complexity index is 214. The molecule has 2 N–H and O–H groups in total. The van der Waals surface area contributed by atoms with Crippen LogP contribution in [-0.4, -0.2) is 29.3 Å². The first kappa shape index (κ1) is 12.0. The van der Waals surface area contributed by atoms with Gasteiger partial charge in [0.25, 0.3) is 0 Å². The van der Waals surface area contributed by atoms with Crippen molar-refractivity contribution >= 4 is 5.97 Å². The molecule has 3 nitrogen and oxygen atoms in total. The Morgan fingerprint density at radius 3 is 2.31 bits per heavy atom. The normalized spacial score (nSPS) is 16.3. The fourth-order valence-electron chi connectivity index (χ4n) is 0.573. The fraction of sp³-hybridized carbons (Fsp3) is 0.571. The van der Waals surface area contributed by atoms with Crippen LogP contribution >= 0.6 is 0 Å². The molecule has 0 spiro atoms. The number of aliphatic carboxylic acids is 1. The largest absolute Gasteiger partial charge is 0.480 e. The Hall–Kier alpha value is -1.04. The molecule has 1 unspecified atom stereocenters. The zero-order chi connectivity index (χ0) is 10.7. The van der Waals surface area contributed by atoms with Crippen LogP contribution in [-0.2, 0) is 4.79 Å². The van der Waals surface area contributed by atoms with Crippen molar-refractivity contribution in [3.63, 3.8) is 0 Å². The highest BCUT2D eigenvalue weighted by molar-refractivity contribution is 5.79. The van der Waals surface area contributed by atoms with Gasteiger partial charge >= 0.3 is 12.1 Å². The molecular formula is C7H10F3NO2. The van der Waals surface area contributed by atoms with E-state index in [1.54, 1.807) is 0 Å². The number of halogens is 3. The summed E-state index contributed by atoms with van der Waals surface area (Å²) in [4.78, 5) is 10.4. The Labute approximate surface area is 73.2 Å². The van der Waals surface area contributed by atoms with Crippen molar-refractivity contribution in [3.05, 3.63) is 12.7 Å². The van der Waals surface area contributed by atoms with Crippen LogP contribution in [0.5, 0.6) is 0 Å². The van der Waals surface area contributed by atoms with Crippen LogP contribution < -0.4 is 5.32 Å². The van der Waals surface area contributed by atoms with Crippen molar-refractivity contribution < 1.29 is 23.1 Å². The summed E-state index contributed by atoms with van der Waals surface area (Å²) in [5.74, 6) is -1.96. The van der Waals surface area contributed by atoms with E-state index in [1.807, 2.05) is 5.32 Å². The van der Waals surface area contributed by atoms with Gasteiger partial charge < -0.3 is 5.11 Å². The number of rotatable bonds is 4. The number of alkyl halides is 3. The minimum absolute atomic E-state index is 0.220. The van der Waals surface area contributed by atoms with E-state index in [4.69, 9.17) is 5.11 Å². The van der Waals surface area contributed by atoms with Crippen molar-refractivity contribution in [2.75, 3.05) is 6.54 Å². The van der Waals surface area contributed by atoms with Crippen molar-refractivity contribution in [1.82, 2.24) is 5.32 Å². The molecule has 0 aromatic carbocycles. The number of hydrogen-bond donors (Lipinski definition) is 2.